The summed E-state index contributed by atoms with van der Waals surface area (Å²) >= 11 is 0. The minimum atomic E-state index is -1.21. The molecule has 0 aliphatic heterocycles. The molecule has 114 valence electrons. The van der Waals surface area contributed by atoms with Crippen LogP contribution in [0.1, 0.15) is 25.8 Å². The average Bonchev–Trinajstić information content (AvgIpc) is 2.44. The lowest BCUT2D eigenvalue weighted by molar-refractivity contribution is -0.134. The Balaban J connectivity index is 3.07. The van der Waals surface area contributed by atoms with Crippen molar-refractivity contribution in [1.82, 2.24) is 5.32 Å². The van der Waals surface area contributed by atoms with E-state index >= 15 is 0 Å². The number of methoxy groups -OCH3 is 1. The molecule has 1 aromatic rings. The third-order valence-corrected chi connectivity index (χ3v) is 2.50. The van der Waals surface area contributed by atoms with E-state index in [1.807, 2.05) is 6.92 Å². The number of ether oxygens (including phenoxy) is 2. The number of hydrogen-bond acceptors (Lipinski definition) is 4. The molecule has 6 nitrogen and oxygen atoms in total. The number of amides is 1. The topological polar surface area (TPSA) is 84.9 Å². The third kappa shape index (κ3) is 5.18. The molecule has 1 aromatic carbocycles. The van der Waals surface area contributed by atoms with E-state index in [0.717, 1.165) is 6.42 Å². The Labute approximate surface area is 123 Å². The van der Waals surface area contributed by atoms with E-state index in [1.165, 1.54) is 20.1 Å². The van der Waals surface area contributed by atoms with Gasteiger partial charge in [-0.3, -0.25) is 4.79 Å². The van der Waals surface area contributed by atoms with Gasteiger partial charge in [-0.1, -0.05) is 13.0 Å². The number of nitrogens with one attached hydrogen (secondary N) is 1. The maximum Gasteiger partial charge on any atom is 0.352 e. The first-order valence-corrected chi connectivity index (χ1v) is 6.51. The Morgan fingerprint density at radius 3 is 2.57 bits per heavy atom. The van der Waals surface area contributed by atoms with Gasteiger partial charge in [-0.25, -0.2) is 4.79 Å². The lowest BCUT2D eigenvalue weighted by Gasteiger charge is -2.11. The molecule has 0 unspecified atom stereocenters. The molecule has 0 spiro atoms. The number of carboxylic acids is 1. The minimum absolute atomic E-state index is 0.202. The molecular formula is C15H19NO5. The van der Waals surface area contributed by atoms with Gasteiger partial charge >= 0.3 is 5.97 Å². The fraction of sp³-hybridized carbons (Fsp3) is 0.333. The van der Waals surface area contributed by atoms with Gasteiger partial charge in [-0.15, -0.1) is 0 Å². The molecule has 0 atom stereocenters. The first-order chi connectivity index (χ1) is 9.97. The van der Waals surface area contributed by atoms with Gasteiger partial charge < -0.3 is 19.9 Å². The third-order valence-electron chi connectivity index (χ3n) is 2.50. The van der Waals surface area contributed by atoms with E-state index in [1.54, 1.807) is 18.2 Å². The maximum atomic E-state index is 11.1. The molecule has 0 heterocycles. The molecule has 6 heteroatoms. The van der Waals surface area contributed by atoms with Crippen LogP contribution in [0, 0.1) is 0 Å². The van der Waals surface area contributed by atoms with Crippen LogP contribution < -0.4 is 14.8 Å². The van der Waals surface area contributed by atoms with Crippen LogP contribution >= 0.6 is 0 Å². The summed E-state index contributed by atoms with van der Waals surface area (Å²) in [5.41, 5.74) is 0.383. The minimum Gasteiger partial charge on any atom is -0.493 e. The zero-order valence-corrected chi connectivity index (χ0v) is 12.3. The number of rotatable bonds is 7. The highest BCUT2D eigenvalue weighted by Gasteiger charge is 2.10. The fourth-order valence-corrected chi connectivity index (χ4v) is 1.61. The van der Waals surface area contributed by atoms with Crippen LogP contribution in [0.4, 0.5) is 0 Å². The molecular weight excluding hydrogens is 274 g/mol. The van der Waals surface area contributed by atoms with Gasteiger partial charge in [0.1, 0.15) is 5.70 Å². The van der Waals surface area contributed by atoms with E-state index in [-0.39, 0.29) is 5.70 Å². The van der Waals surface area contributed by atoms with Crippen molar-refractivity contribution in [2.45, 2.75) is 20.3 Å². The summed E-state index contributed by atoms with van der Waals surface area (Å²) in [6.07, 6.45) is 2.23. The smallest absolute Gasteiger partial charge is 0.352 e. The van der Waals surface area contributed by atoms with Crippen molar-refractivity contribution >= 4 is 18.0 Å². The lowest BCUT2D eigenvalue weighted by Crippen LogP contribution is -2.24. The second-order valence-corrected chi connectivity index (χ2v) is 4.30. The van der Waals surface area contributed by atoms with Crippen LogP contribution in [-0.2, 0) is 9.59 Å². The second kappa shape index (κ2) is 7.94. The van der Waals surface area contributed by atoms with Gasteiger partial charge in [0.15, 0.2) is 11.5 Å². The molecule has 0 aliphatic rings. The second-order valence-electron chi connectivity index (χ2n) is 4.30. The van der Waals surface area contributed by atoms with Gasteiger partial charge in [0, 0.05) is 6.92 Å². The highest BCUT2D eigenvalue weighted by atomic mass is 16.5. The summed E-state index contributed by atoms with van der Waals surface area (Å²) < 4.78 is 10.7. The number of carbonyl (C=O) groups excluding carboxylic acids is 1. The Morgan fingerprint density at radius 1 is 1.33 bits per heavy atom. The quantitative estimate of drug-likeness (QED) is 0.751. The monoisotopic (exact) mass is 293 g/mol. The lowest BCUT2D eigenvalue weighted by atomic mass is 10.1. The number of carbonyl (C=O) groups is 2. The molecule has 0 fully saturated rings. The SMILES string of the molecule is CCCOc1ccc(/C=C(/NC(C)=O)C(=O)O)cc1OC. The van der Waals surface area contributed by atoms with Crippen molar-refractivity contribution in [1.29, 1.82) is 0 Å². The zero-order valence-electron chi connectivity index (χ0n) is 12.3. The first-order valence-electron chi connectivity index (χ1n) is 6.51. The maximum absolute atomic E-state index is 11.1. The highest BCUT2D eigenvalue weighted by molar-refractivity contribution is 5.96. The van der Waals surface area contributed by atoms with Crippen LogP contribution in [0.5, 0.6) is 11.5 Å². The summed E-state index contributed by atoms with van der Waals surface area (Å²) in [5.74, 6) is -0.563. The van der Waals surface area contributed by atoms with Gasteiger partial charge in [0.25, 0.3) is 0 Å². The van der Waals surface area contributed by atoms with Crippen LogP contribution in [0.3, 0.4) is 0 Å². The predicted octanol–water partition coefficient (Wildman–Crippen LogP) is 2.05. The Morgan fingerprint density at radius 2 is 2.05 bits per heavy atom. The molecule has 0 aromatic heterocycles. The van der Waals surface area contributed by atoms with Crippen LogP contribution in [0.25, 0.3) is 6.08 Å². The standard InChI is InChI=1S/C15H19NO5/c1-4-7-21-13-6-5-11(9-14(13)20-3)8-12(15(18)19)16-10(2)17/h5-6,8-9H,4,7H2,1-3H3,(H,16,17)(H,18,19)/b12-8+. The van der Waals surface area contributed by atoms with E-state index in [0.29, 0.717) is 23.7 Å². The van der Waals surface area contributed by atoms with Crippen molar-refractivity contribution in [3.8, 4) is 11.5 Å². The summed E-state index contributed by atoms with van der Waals surface area (Å²) in [6, 6.07) is 5.04. The van der Waals surface area contributed by atoms with Crippen molar-refractivity contribution in [3.63, 3.8) is 0 Å². The van der Waals surface area contributed by atoms with Gasteiger partial charge in [-0.05, 0) is 30.2 Å². The summed E-state index contributed by atoms with van der Waals surface area (Å²) in [6.45, 7) is 3.81. The number of carboxylic acid groups (broad SMARTS) is 1. The Bertz CT molecular complexity index is 551. The van der Waals surface area contributed by atoms with Gasteiger partial charge in [0.2, 0.25) is 5.91 Å². The average molecular weight is 293 g/mol. The molecule has 21 heavy (non-hydrogen) atoms. The van der Waals surface area contributed by atoms with Crippen molar-refractivity contribution in [2.24, 2.45) is 0 Å². The molecule has 0 aliphatic carbocycles. The summed E-state index contributed by atoms with van der Waals surface area (Å²) in [5, 5.41) is 11.3. The van der Waals surface area contributed by atoms with E-state index in [4.69, 9.17) is 14.6 Å². The molecule has 1 rings (SSSR count). The van der Waals surface area contributed by atoms with Gasteiger partial charge in [-0.2, -0.15) is 0 Å². The fourth-order valence-electron chi connectivity index (χ4n) is 1.61. The molecule has 0 saturated carbocycles. The van der Waals surface area contributed by atoms with E-state index in [2.05, 4.69) is 5.32 Å². The van der Waals surface area contributed by atoms with E-state index < -0.39 is 11.9 Å². The molecule has 0 radical (unpaired) electrons. The molecule has 0 saturated heterocycles. The zero-order chi connectivity index (χ0) is 15.8. The van der Waals surface area contributed by atoms with Crippen molar-refractivity contribution in [3.05, 3.63) is 29.5 Å². The number of benzene rings is 1. The molecule has 2 N–H and O–H groups in total. The van der Waals surface area contributed by atoms with Gasteiger partial charge in [0.05, 0.1) is 13.7 Å². The van der Waals surface area contributed by atoms with Crippen LogP contribution in [0.2, 0.25) is 0 Å². The van der Waals surface area contributed by atoms with Crippen LogP contribution in [-0.4, -0.2) is 30.7 Å². The number of hydrogen-bond donors (Lipinski definition) is 2. The highest BCUT2D eigenvalue weighted by Crippen LogP contribution is 2.28. The normalized spacial score (nSPS) is 10.9. The largest absolute Gasteiger partial charge is 0.493 e. The summed E-state index contributed by atoms with van der Waals surface area (Å²) in [4.78, 5) is 22.0. The Hall–Kier alpha value is -2.50. The first kappa shape index (κ1) is 16.6. The van der Waals surface area contributed by atoms with E-state index in [9.17, 15) is 9.59 Å². The van der Waals surface area contributed by atoms with Crippen molar-refractivity contribution < 1.29 is 24.2 Å². The molecule has 0 bridgehead atoms. The van der Waals surface area contributed by atoms with Crippen molar-refractivity contribution in [2.75, 3.05) is 13.7 Å². The van der Waals surface area contributed by atoms with Crippen LogP contribution in [0.15, 0.2) is 23.9 Å². The molecule has 1 amide bonds. The number of aliphatic carboxylic acids is 1. The summed E-state index contributed by atoms with van der Waals surface area (Å²) in [7, 11) is 1.51. The predicted molar refractivity (Wildman–Crippen MR) is 78.2 cm³/mol. The Kier molecular flexibility index (Phi) is 6.26.